The Labute approximate surface area is 128 Å². The molecule has 0 spiro atoms. The second kappa shape index (κ2) is 6.32. The number of hydrogen-bond donors (Lipinski definition) is 1. The van der Waals surface area contributed by atoms with E-state index in [1.165, 1.54) is 6.07 Å². The maximum Gasteiger partial charge on any atom is 0.289 e. The maximum atomic E-state index is 13.8. The molecule has 1 atom stereocenters. The van der Waals surface area contributed by atoms with E-state index in [0.717, 1.165) is 26.1 Å². The van der Waals surface area contributed by atoms with E-state index in [0.29, 0.717) is 17.2 Å². The third-order valence-electron chi connectivity index (χ3n) is 4.02. The molecule has 0 saturated carbocycles. The van der Waals surface area contributed by atoms with Gasteiger partial charge in [0.15, 0.2) is 5.76 Å². The van der Waals surface area contributed by atoms with Gasteiger partial charge in [0.2, 0.25) is 0 Å². The molecule has 1 unspecified atom stereocenters. The lowest BCUT2D eigenvalue weighted by Crippen LogP contribution is -2.30. The van der Waals surface area contributed by atoms with E-state index < -0.39 is 0 Å². The van der Waals surface area contributed by atoms with Gasteiger partial charge < -0.3 is 14.6 Å². The standard InChI is InChI=1S/C17H19FN2O2/c1-19-10-12-8-9-20(11-12)17(21)16-7-6-15(22-16)13-4-2-3-5-14(13)18/h2-7,12,19H,8-11H2,1H3. The fraction of sp³-hybridized carbons (Fsp3) is 0.353. The Morgan fingerprint density at radius 1 is 1.36 bits per heavy atom. The molecule has 3 rings (SSSR count). The number of nitrogens with one attached hydrogen (secondary N) is 1. The van der Waals surface area contributed by atoms with Crippen LogP contribution >= 0.6 is 0 Å². The van der Waals surface area contributed by atoms with Crippen molar-refractivity contribution in [2.45, 2.75) is 6.42 Å². The number of likely N-dealkylation sites (tertiary alicyclic amines) is 1. The van der Waals surface area contributed by atoms with Crippen LogP contribution in [0.2, 0.25) is 0 Å². The van der Waals surface area contributed by atoms with E-state index in [1.54, 1.807) is 35.2 Å². The lowest BCUT2D eigenvalue weighted by Gasteiger charge is -2.14. The minimum absolute atomic E-state index is 0.124. The van der Waals surface area contributed by atoms with Crippen molar-refractivity contribution in [1.29, 1.82) is 0 Å². The van der Waals surface area contributed by atoms with Crippen LogP contribution < -0.4 is 5.32 Å². The van der Waals surface area contributed by atoms with E-state index in [-0.39, 0.29) is 17.5 Å². The summed E-state index contributed by atoms with van der Waals surface area (Å²) in [6, 6.07) is 9.65. The first-order valence-electron chi connectivity index (χ1n) is 7.47. The van der Waals surface area contributed by atoms with Crippen molar-refractivity contribution in [3.63, 3.8) is 0 Å². The van der Waals surface area contributed by atoms with Gasteiger partial charge in [-0.05, 0) is 50.2 Å². The van der Waals surface area contributed by atoms with Crippen LogP contribution in [0.1, 0.15) is 17.0 Å². The number of amides is 1. The second-order valence-corrected chi connectivity index (χ2v) is 5.61. The molecular weight excluding hydrogens is 283 g/mol. The minimum atomic E-state index is -0.355. The minimum Gasteiger partial charge on any atom is -0.451 e. The summed E-state index contributed by atoms with van der Waals surface area (Å²) in [4.78, 5) is 14.2. The molecule has 4 nitrogen and oxygen atoms in total. The number of nitrogens with zero attached hydrogens (tertiary/aromatic N) is 1. The number of benzene rings is 1. The molecule has 5 heteroatoms. The summed E-state index contributed by atoms with van der Waals surface area (Å²) < 4.78 is 19.3. The van der Waals surface area contributed by atoms with Gasteiger partial charge in [0.05, 0.1) is 5.56 Å². The van der Waals surface area contributed by atoms with Gasteiger partial charge in [0.1, 0.15) is 11.6 Å². The van der Waals surface area contributed by atoms with E-state index in [2.05, 4.69) is 5.32 Å². The summed E-state index contributed by atoms with van der Waals surface area (Å²) in [5.74, 6) is 0.651. The molecular formula is C17H19FN2O2. The van der Waals surface area contributed by atoms with Crippen molar-refractivity contribution in [2.24, 2.45) is 5.92 Å². The molecule has 1 N–H and O–H groups in total. The summed E-state index contributed by atoms with van der Waals surface area (Å²) in [5, 5.41) is 3.14. The molecule has 1 aromatic heterocycles. The summed E-state index contributed by atoms with van der Waals surface area (Å²) in [6.45, 7) is 2.37. The van der Waals surface area contributed by atoms with E-state index in [9.17, 15) is 9.18 Å². The van der Waals surface area contributed by atoms with Gasteiger partial charge in [-0.15, -0.1) is 0 Å². The van der Waals surface area contributed by atoms with Crippen molar-refractivity contribution >= 4 is 5.91 Å². The number of carbonyl (C=O) groups excluding carboxylic acids is 1. The third kappa shape index (κ3) is 2.90. The predicted molar refractivity (Wildman–Crippen MR) is 82.0 cm³/mol. The molecule has 1 aromatic carbocycles. The first kappa shape index (κ1) is 14.8. The Balaban J connectivity index is 1.74. The Bertz CT molecular complexity index is 668. The molecule has 0 radical (unpaired) electrons. The van der Waals surface area contributed by atoms with Crippen LogP contribution in [0.4, 0.5) is 4.39 Å². The second-order valence-electron chi connectivity index (χ2n) is 5.61. The van der Waals surface area contributed by atoms with Gasteiger partial charge >= 0.3 is 0 Å². The van der Waals surface area contributed by atoms with Crippen molar-refractivity contribution in [3.05, 3.63) is 48.0 Å². The zero-order valence-corrected chi connectivity index (χ0v) is 12.5. The monoisotopic (exact) mass is 302 g/mol. The van der Waals surface area contributed by atoms with Gasteiger partial charge in [0.25, 0.3) is 5.91 Å². The first-order chi connectivity index (χ1) is 10.7. The first-order valence-corrected chi connectivity index (χ1v) is 7.47. The lowest BCUT2D eigenvalue weighted by atomic mass is 10.1. The largest absolute Gasteiger partial charge is 0.451 e. The summed E-state index contributed by atoms with van der Waals surface area (Å²) >= 11 is 0. The van der Waals surface area contributed by atoms with Crippen LogP contribution in [0, 0.1) is 11.7 Å². The van der Waals surface area contributed by atoms with Gasteiger partial charge in [-0.2, -0.15) is 0 Å². The predicted octanol–water partition coefficient (Wildman–Crippen LogP) is 2.77. The van der Waals surface area contributed by atoms with Crippen molar-refractivity contribution in [1.82, 2.24) is 10.2 Å². The van der Waals surface area contributed by atoms with Crippen molar-refractivity contribution < 1.29 is 13.6 Å². The van der Waals surface area contributed by atoms with Crippen LogP contribution in [-0.4, -0.2) is 37.5 Å². The number of carbonyl (C=O) groups is 1. The van der Waals surface area contributed by atoms with Crippen LogP contribution in [0.15, 0.2) is 40.8 Å². The molecule has 2 heterocycles. The van der Waals surface area contributed by atoms with E-state index in [1.807, 2.05) is 7.05 Å². The molecule has 116 valence electrons. The van der Waals surface area contributed by atoms with Gasteiger partial charge in [-0.1, -0.05) is 12.1 Å². The zero-order valence-electron chi connectivity index (χ0n) is 12.5. The van der Waals surface area contributed by atoms with Crippen LogP contribution in [-0.2, 0) is 0 Å². The summed E-state index contributed by atoms with van der Waals surface area (Å²) in [5.41, 5.74) is 0.371. The number of hydrogen-bond acceptors (Lipinski definition) is 3. The highest BCUT2D eigenvalue weighted by atomic mass is 19.1. The zero-order chi connectivity index (χ0) is 15.5. The normalized spacial score (nSPS) is 17.9. The summed E-state index contributed by atoms with van der Waals surface area (Å²) in [7, 11) is 1.91. The maximum absolute atomic E-state index is 13.8. The summed E-state index contributed by atoms with van der Waals surface area (Å²) in [6.07, 6.45) is 0.994. The highest BCUT2D eigenvalue weighted by Crippen LogP contribution is 2.26. The Morgan fingerprint density at radius 2 is 2.18 bits per heavy atom. The smallest absolute Gasteiger partial charge is 0.289 e. The molecule has 0 aliphatic carbocycles. The molecule has 1 aliphatic heterocycles. The Kier molecular flexibility index (Phi) is 4.24. The van der Waals surface area contributed by atoms with Crippen LogP contribution in [0.3, 0.4) is 0 Å². The topological polar surface area (TPSA) is 45.5 Å². The van der Waals surface area contributed by atoms with Gasteiger partial charge in [-0.3, -0.25) is 4.79 Å². The average Bonchev–Trinajstić information content (AvgIpc) is 3.17. The molecule has 1 fully saturated rings. The van der Waals surface area contributed by atoms with E-state index in [4.69, 9.17) is 4.42 Å². The van der Waals surface area contributed by atoms with E-state index >= 15 is 0 Å². The molecule has 1 aliphatic rings. The van der Waals surface area contributed by atoms with Gasteiger partial charge in [-0.25, -0.2) is 4.39 Å². The quantitative estimate of drug-likeness (QED) is 0.944. The Hall–Kier alpha value is -2.14. The SMILES string of the molecule is CNCC1CCN(C(=O)c2ccc(-c3ccccc3F)o2)C1. The molecule has 1 amide bonds. The lowest BCUT2D eigenvalue weighted by molar-refractivity contribution is 0.0756. The number of furan rings is 1. The number of halogens is 1. The molecule has 2 aromatic rings. The Morgan fingerprint density at radius 3 is 2.95 bits per heavy atom. The van der Waals surface area contributed by atoms with Gasteiger partial charge in [0, 0.05) is 13.1 Å². The average molecular weight is 302 g/mol. The van der Waals surface area contributed by atoms with Crippen molar-refractivity contribution in [2.75, 3.05) is 26.7 Å². The fourth-order valence-electron chi connectivity index (χ4n) is 2.89. The fourth-order valence-corrected chi connectivity index (χ4v) is 2.89. The van der Waals surface area contributed by atoms with Crippen LogP contribution in [0.5, 0.6) is 0 Å². The third-order valence-corrected chi connectivity index (χ3v) is 4.02. The van der Waals surface area contributed by atoms with Crippen molar-refractivity contribution in [3.8, 4) is 11.3 Å². The van der Waals surface area contributed by atoms with Crippen LogP contribution in [0.25, 0.3) is 11.3 Å². The number of rotatable bonds is 4. The molecule has 22 heavy (non-hydrogen) atoms. The highest BCUT2D eigenvalue weighted by molar-refractivity contribution is 5.92. The molecule has 1 saturated heterocycles. The molecule has 0 bridgehead atoms. The highest BCUT2D eigenvalue weighted by Gasteiger charge is 2.28.